The van der Waals surface area contributed by atoms with Crippen LogP contribution in [-0.2, 0) is 5.54 Å². The monoisotopic (exact) mass is 367 g/mol. The number of azo groups is 1. The van der Waals surface area contributed by atoms with Gasteiger partial charge in [0.25, 0.3) is 0 Å². The Hall–Kier alpha value is -2.73. The summed E-state index contributed by atoms with van der Waals surface area (Å²) in [4.78, 5) is 0. The first kappa shape index (κ1) is 17.4. The second-order valence-electron chi connectivity index (χ2n) is 8.99. The lowest BCUT2D eigenvalue weighted by Crippen LogP contribution is -2.45. The van der Waals surface area contributed by atoms with E-state index < -0.39 is 0 Å². The first-order chi connectivity index (χ1) is 13.5. The summed E-state index contributed by atoms with van der Waals surface area (Å²) < 4.78 is 0. The Kier molecular flexibility index (Phi) is 3.65. The Labute approximate surface area is 166 Å². The summed E-state index contributed by atoms with van der Waals surface area (Å²) in [5.74, 6) is 1.09. The van der Waals surface area contributed by atoms with E-state index in [0.29, 0.717) is 17.4 Å². The van der Waals surface area contributed by atoms with E-state index in [2.05, 4.69) is 62.4 Å². The molecule has 0 radical (unpaired) electrons. The first-order valence-corrected chi connectivity index (χ1v) is 10.2. The van der Waals surface area contributed by atoms with E-state index >= 15 is 0 Å². The van der Waals surface area contributed by atoms with Crippen LogP contribution in [0, 0.1) is 28.6 Å². The number of nitriles is 1. The lowest BCUT2D eigenvalue weighted by molar-refractivity contribution is 0.165. The minimum absolute atomic E-state index is 0.0831. The first-order valence-electron chi connectivity index (χ1n) is 10.2. The summed E-state index contributed by atoms with van der Waals surface area (Å²) in [5, 5.41) is 19.1. The standard InChI is InChI=1S/C25H25N3/c1-23(2)24(16-15-18-11-13-19(17-26)14-12-18)21-9-6-10-22(21)25(23,28-27-24)20-7-4-3-5-8-20/h3-5,7-8,11-16,21-22H,6,9-10H2,1-2H3/b16-15+/t21-,22+,24-,25+/m0/s1. The van der Waals surface area contributed by atoms with Crippen LogP contribution in [0.3, 0.4) is 0 Å². The van der Waals surface area contributed by atoms with Crippen molar-refractivity contribution in [2.24, 2.45) is 27.5 Å². The Morgan fingerprint density at radius 2 is 1.68 bits per heavy atom. The number of nitrogens with zero attached hydrogens (tertiary/aromatic N) is 3. The predicted octanol–water partition coefficient (Wildman–Crippen LogP) is 6.13. The Morgan fingerprint density at radius 3 is 2.39 bits per heavy atom. The zero-order chi connectivity index (χ0) is 19.4. The molecule has 2 fully saturated rings. The maximum Gasteiger partial charge on any atom is 0.117 e. The van der Waals surface area contributed by atoms with Crippen molar-refractivity contribution in [2.75, 3.05) is 0 Å². The van der Waals surface area contributed by atoms with Gasteiger partial charge in [-0.1, -0.05) is 74.9 Å². The van der Waals surface area contributed by atoms with E-state index in [1.54, 1.807) is 0 Å². The Morgan fingerprint density at radius 1 is 0.964 bits per heavy atom. The van der Waals surface area contributed by atoms with Gasteiger partial charge in [-0.15, -0.1) is 0 Å². The second-order valence-corrected chi connectivity index (χ2v) is 8.99. The lowest BCUT2D eigenvalue weighted by Gasteiger charge is -2.40. The third-order valence-corrected chi connectivity index (χ3v) is 7.73. The van der Waals surface area contributed by atoms with Gasteiger partial charge in [0.2, 0.25) is 0 Å². The highest BCUT2D eigenvalue weighted by atomic mass is 15.3. The molecule has 3 nitrogen and oxygen atoms in total. The van der Waals surface area contributed by atoms with Gasteiger partial charge in [0.1, 0.15) is 11.1 Å². The van der Waals surface area contributed by atoms with Gasteiger partial charge in [0, 0.05) is 5.41 Å². The van der Waals surface area contributed by atoms with Gasteiger partial charge < -0.3 is 0 Å². The molecule has 2 aliphatic carbocycles. The Balaban J connectivity index is 1.61. The fourth-order valence-electron chi connectivity index (χ4n) is 6.36. The zero-order valence-corrected chi connectivity index (χ0v) is 16.5. The van der Waals surface area contributed by atoms with Crippen molar-refractivity contribution in [3.8, 4) is 6.07 Å². The van der Waals surface area contributed by atoms with Crippen molar-refractivity contribution >= 4 is 6.08 Å². The molecule has 1 aliphatic heterocycles. The second kappa shape index (κ2) is 5.88. The molecule has 0 aromatic heterocycles. The molecule has 0 spiro atoms. The SMILES string of the molecule is CC1(C)[C@@]2(/C=C/c3ccc(C#N)cc3)N=N[C@]1(c1ccccc1)[C@@H]1CCC[C@@H]12. The third-order valence-electron chi connectivity index (χ3n) is 7.73. The summed E-state index contributed by atoms with van der Waals surface area (Å²) in [6, 6.07) is 20.8. The molecule has 2 bridgehead atoms. The topological polar surface area (TPSA) is 48.5 Å². The van der Waals surface area contributed by atoms with Gasteiger partial charge >= 0.3 is 0 Å². The molecule has 140 valence electrons. The van der Waals surface area contributed by atoms with Crippen LogP contribution >= 0.6 is 0 Å². The number of hydrogen-bond donors (Lipinski definition) is 0. The number of fused-ring (bicyclic) bond motifs is 5. The summed E-state index contributed by atoms with van der Waals surface area (Å²) >= 11 is 0. The molecule has 2 aromatic carbocycles. The van der Waals surface area contributed by atoms with Crippen molar-refractivity contribution in [3.05, 3.63) is 77.4 Å². The van der Waals surface area contributed by atoms with Gasteiger partial charge in [-0.3, -0.25) is 0 Å². The van der Waals surface area contributed by atoms with Gasteiger partial charge in [-0.2, -0.15) is 15.5 Å². The molecule has 2 aromatic rings. The quantitative estimate of drug-likeness (QED) is 0.644. The molecular formula is C25H25N3. The highest BCUT2D eigenvalue weighted by Crippen LogP contribution is 2.74. The van der Waals surface area contributed by atoms with E-state index in [9.17, 15) is 0 Å². The van der Waals surface area contributed by atoms with Crippen molar-refractivity contribution in [3.63, 3.8) is 0 Å². The van der Waals surface area contributed by atoms with E-state index in [4.69, 9.17) is 15.5 Å². The van der Waals surface area contributed by atoms with Crippen LogP contribution in [0.1, 0.15) is 49.8 Å². The van der Waals surface area contributed by atoms with Gasteiger partial charge in [0.15, 0.2) is 0 Å². The molecule has 0 N–H and O–H groups in total. The van der Waals surface area contributed by atoms with Gasteiger partial charge in [-0.25, -0.2) is 0 Å². The van der Waals surface area contributed by atoms with E-state index in [-0.39, 0.29) is 16.5 Å². The molecular weight excluding hydrogens is 342 g/mol. The van der Waals surface area contributed by atoms with Gasteiger partial charge in [-0.05, 0) is 47.9 Å². The molecule has 1 heterocycles. The maximum absolute atomic E-state index is 9.03. The molecule has 5 rings (SSSR count). The summed E-state index contributed by atoms with van der Waals surface area (Å²) in [6.07, 6.45) is 8.22. The largest absolute Gasteiger partial charge is 0.192 e. The van der Waals surface area contributed by atoms with Crippen molar-refractivity contribution < 1.29 is 0 Å². The molecule has 28 heavy (non-hydrogen) atoms. The van der Waals surface area contributed by atoms with Crippen LogP contribution in [0.25, 0.3) is 6.08 Å². The predicted molar refractivity (Wildman–Crippen MR) is 111 cm³/mol. The molecule has 0 saturated heterocycles. The van der Waals surface area contributed by atoms with Crippen LogP contribution in [0.5, 0.6) is 0 Å². The number of benzene rings is 2. The average Bonchev–Trinajstić information content (AvgIpc) is 3.35. The van der Waals surface area contributed by atoms with Crippen LogP contribution in [0.15, 0.2) is 70.9 Å². The summed E-state index contributed by atoms with van der Waals surface area (Å²) in [6.45, 7) is 4.73. The summed E-state index contributed by atoms with van der Waals surface area (Å²) in [5.41, 5.74) is 2.53. The summed E-state index contributed by atoms with van der Waals surface area (Å²) in [7, 11) is 0. The minimum atomic E-state index is -0.266. The van der Waals surface area contributed by atoms with Gasteiger partial charge in [0.05, 0.1) is 11.6 Å². The smallest absolute Gasteiger partial charge is 0.117 e. The normalized spacial score (nSPS) is 34.6. The lowest BCUT2D eigenvalue weighted by atomic mass is 9.63. The third kappa shape index (κ3) is 1.98. The van der Waals surface area contributed by atoms with E-state index in [1.807, 2.05) is 24.3 Å². The van der Waals surface area contributed by atoms with E-state index in [0.717, 1.165) is 5.56 Å². The number of hydrogen-bond acceptors (Lipinski definition) is 3. The molecule has 4 atom stereocenters. The fourth-order valence-corrected chi connectivity index (χ4v) is 6.36. The van der Waals surface area contributed by atoms with Crippen molar-refractivity contribution in [2.45, 2.75) is 44.2 Å². The zero-order valence-electron chi connectivity index (χ0n) is 16.5. The fraction of sp³-hybridized carbons (Fsp3) is 0.400. The molecule has 3 heteroatoms. The number of rotatable bonds is 3. The van der Waals surface area contributed by atoms with Crippen molar-refractivity contribution in [1.29, 1.82) is 5.26 Å². The molecule has 0 unspecified atom stereocenters. The maximum atomic E-state index is 9.03. The minimum Gasteiger partial charge on any atom is -0.192 e. The van der Waals surface area contributed by atoms with Crippen LogP contribution < -0.4 is 0 Å². The molecule has 3 aliphatic rings. The van der Waals surface area contributed by atoms with Crippen LogP contribution in [-0.4, -0.2) is 5.54 Å². The molecule has 2 saturated carbocycles. The van der Waals surface area contributed by atoms with Crippen LogP contribution in [0.2, 0.25) is 0 Å². The highest BCUT2D eigenvalue weighted by molar-refractivity contribution is 5.55. The Bertz CT molecular complexity index is 996. The van der Waals surface area contributed by atoms with Crippen molar-refractivity contribution in [1.82, 2.24) is 0 Å². The molecule has 0 amide bonds. The average molecular weight is 367 g/mol. The highest BCUT2D eigenvalue weighted by Gasteiger charge is 2.76. The van der Waals surface area contributed by atoms with Crippen LogP contribution in [0.4, 0.5) is 0 Å². The van der Waals surface area contributed by atoms with E-state index in [1.165, 1.54) is 24.8 Å².